The highest BCUT2D eigenvalue weighted by atomic mass is 32.2. The Balaban J connectivity index is 1.91. The van der Waals surface area contributed by atoms with Crippen molar-refractivity contribution >= 4 is 35.0 Å². The summed E-state index contributed by atoms with van der Waals surface area (Å²) in [5.41, 5.74) is 2.59. The average molecular weight is 489 g/mol. The summed E-state index contributed by atoms with van der Waals surface area (Å²) in [6.07, 6.45) is 1.68. The van der Waals surface area contributed by atoms with Crippen molar-refractivity contribution in [1.29, 1.82) is 0 Å². The standard InChI is InChI=1S/C26H33FN2O4S/c1-5-29(19-10-12-33-13-11-19)23-9-8-20(34-26(3,4)25(31)32)16-22(23)28-24(30)15-18-7-6-17(2)14-21(18)27/h6-9,14,16,19H,5,10-13,15H2,1-4H3,(H,28,30)(H,31,32). The van der Waals surface area contributed by atoms with Gasteiger partial charge in [-0.2, -0.15) is 0 Å². The molecule has 0 aliphatic carbocycles. The second-order valence-electron chi connectivity index (χ2n) is 9.05. The minimum Gasteiger partial charge on any atom is -0.480 e. The number of carboxylic acids is 1. The van der Waals surface area contributed by atoms with Crippen LogP contribution < -0.4 is 10.2 Å². The van der Waals surface area contributed by atoms with Gasteiger partial charge in [-0.1, -0.05) is 12.1 Å². The lowest BCUT2D eigenvalue weighted by Crippen LogP contribution is -2.40. The van der Waals surface area contributed by atoms with Gasteiger partial charge < -0.3 is 20.1 Å². The molecule has 34 heavy (non-hydrogen) atoms. The number of aliphatic carboxylic acids is 1. The molecule has 8 heteroatoms. The number of aryl methyl sites for hydroxylation is 1. The zero-order valence-corrected chi connectivity index (χ0v) is 21.0. The summed E-state index contributed by atoms with van der Waals surface area (Å²) >= 11 is 1.22. The van der Waals surface area contributed by atoms with Crippen LogP contribution in [0.2, 0.25) is 0 Å². The van der Waals surface area contributed by atoms with E-state index in [4.69, 9.17) is 4.74 Å². The number of anilines is 2. The number of carbonyl (C=O) groups is 2. The maximum absolute atomic E-state index is 14.3. The van der Waals surface area contributed by atoms with Gasteiger partial charge in [-0.05, 0) is 75.9 Å². The number of nitrogens with zero attached hydrogens (tertiary/aromatic N) is 1. The molecule has 0 aromatic heterocycles. The molecule has 2 N–H and O–H groups in total. The quantitative estimate of drug-likeness (QED) is 0.468. The molecule has 1 amide bonds. The van der Waals surface area contributed by atoms with Crippen LogP contribution in [0.1, 0.15) is 44.7 Å². The molecule has 0 radical (unpaired) electrons. The summed E-state index contributed by atoms with van der Waals surface area (Å²) < 4.78 is 18.8. The summed E-state index contributed by atoms with van der Waals surface area (Å²) in [6, 6.07) is 10.8. The Morgan fingerprint density at radius 1 is 1.21 bits per heavy atom. The van der Waals surface area contributed by atoms with Gasteiger partial charge in [0.05, 0.1) is 17.8 Å². The third kappa shape index (κ3) is 6.51. The van der Waals surface area contributed by atoms with E-state index in [0.717, 1.165) is 35.5 Å². The maximum atomic E-state index is 14.3. The number of rotatable bonds is 9. The lowest BCUT2D eigenvalue weighted by atomic mass is 10.1. The smallest absolute Gasteiger partial charge is 0.319 e. The van der Waals surface area contributed by atoms with Crippen LogP contribution in [0.25, 0.3) is 0 Å². The van der Waals surface area contributed by atoms with Gasteiger partial charge in [0.1, 0.15) is 10.6 Å². The van der Waals surface area contributed by atoms with Crippen LogP contribution in [0.5, 0.6) is 0 Å². The number of carbonyl (C=O) groups excluding carboxylic acids is 1. The predicted octanol–water partition coefficient (Wildman–Crippen LogP) is 5.28. The summed E-state index contributed by atoms with van der Waals surface area (Å²) in [4.78, 5) is 27.6. The first-order chi connectivity index (χ1) is 16.1. The number of amides is 1. The first-order valence-corrected chi connectivity index (χ1v) is 12.4. The normalized spacial score (nSPS) is 14.6. The molecule has 184 valence electrons. The highest BCUT2D eigenvalue weighted by molar-refractivity contribution is 8.01. The van der Waals surface area contributed by atoms with E-state index in [1.54, 1.807) is 32.9 Å². The van der Waals surface area contributed by atoms with E-state index in [1.165, 1.54) is 17.8 Å². The molecule has 1 aliphatic rings. The lowest BCUT2D eigenvalue weighted by molar-refractivity contribution is -0.138. The Kier molecular flexibility index (Phi) is 8.60. The number of nitrogens with one attached hydrogen (secondary N) is 1. The number of hydrogen-bond acceptors (Lipinski definition) is 5. The van der Waals surface area contributed by atoms with Crippen LogP contribution >= 0.6 is 11.8 Å². The van der Waals surface area contributed by atoms with Crippen LogP contribution in [0.15, 0.2) is 41.3 Å². The SMILES string of the molecule is CCN(c1ccc(SC(C)(C)C(=O)O)cc1NC(=O)Cc1ccc(C)cc1F)C1CCOCC1. The molecule has 0 saturated carbocycles. The molecule has 0 unspecified atom stereocenters. The minimum absolute atomic E-state index is 0.0903. The summed E-state index contributed by atoms with van der Waals surface area (Å²) in [5.74, 6) is -1.65. The second kappa shape index (κ2) is 11.2. The third-order valence-corrected chi connectivity index (χ3v) is 7.15. The summed E-state index contributed by atoms with van der Waals surface area (Å²) in [5, 5.41) is 12.5. The van der Waals surface area contributed by atoms with Crippen LogP contribution in [0, 0.1) is 12.7 Å². The number of halogens is 1. The largest absolute Gasteiger partial charge is 0.480 e. The van der Waals surface area contributed by atoms with Gasteiger partial charge in [0.15, 0.2) is 0 Å². The molecular weight excluding hydrogens is 455 g/mol. The van der Waals surface area contributed by atoms with Gasteiger partial charge in [-0.15, -0.1) is 11.8 Å². The van der Waals surface area contributed by atoms with Gasteiger partial charge >= 0.3 is 5.97 Å². The second-order valence-corrected chi connectivity index (χ2v) is 10.7. The van der Waals surface area contributed by atoms with Crippen LogP contribution in [-0.4, -0.2) is 47.5 Å². The lowest BCUT2D eigenvalue weighted by Gasteiger charge is -2.36. The van der Waals surface area contributed by atoms with E-state index in [2.05, 4.69) is 17.1 Å². The zero-order chi connectivity index (χ0) is 24.9. The van der Waals surface area contributed by atoms with E-state index < -0.39 is 16.5 Å². The van der Waals surface area contributed by atoms with E-state index in [-0.39, 0.29) is 18.4 Å². The van der Waals surface area contributed by atoms with Gasteiger partial charge in [0.2, 0.25) is 5.91 Å². The average Bonchev–Trinajstić information content (AvgIpc) is 2.78. The Morgan fingerprint density at radius 3 is 2.53 bits per heavy atom. The highest BCUT2D eigenvalue weighted by Crippen LogP contribution is 2.38. The summed E-state index contributed by atoms with van der Waals surface area (Å²) in [6.45, 7) is 9.29. The fourth-order valence-corrected chi connectivity index (χ4v) is 5.04. The number of carboxylic acid groups (broad SMARTS) is 1. The minimum atomic E-state index is -1.03. The van der Waals surface area contributed by atoms with Crippen molar-refractivity contribution in [2.45, 2.75) is 62.6 Å². The molecule has 3 rings (SSSR count). The maximum Gasteiger partial charge on any atom is 0.319 e. The first kappa shape index (κ1) is 26.0. The zero-order valence-electron chi connectivity index (χ0n) is 20.2. The van der Waals surface area contributed by atoms with Gasteiger partial charge in [0.25, 0.3) is 0 Å². The van der Waals surface area contributed by atoms with Crippen molar-refractivity contribution in [3.05, 3.63) is 53.3 Å². The van der Waals surface area contributed by atoms with E-state index in [1.807, 2.05) is 18.2 Å². The van der Waals surface area contributed by atoms with Crippen LogP contribution in [0.4, 0.5) is 15.8 Å². The summed E-state index contributed by atoms with van der Waals surface area (Å²) in [7, 11) is 0. The van der Waals surface area contributed by atoms with Crippen molar-refractivity contribution in [3.63, 3.8) is 0 Å². The molecule has 1 fully saturated rings. The Bertz CT molecular complexity index is 1040. The Hall–Kier alpha value is -2.58. The van der Waals surface area contributed by atoms with E-state index in [0.29, 0.717) is 24.5 Å². The third-order valence-electron chi connectivity index (χ3n) is 5.97. The molecule has 2 aromatic carbocycles. The fraction of sp³-hybridized carbons (Fsp3) is 0.462. The number of ether oxygens (including phenoxy) is 1. The highest BCUT2D eigenvalue weighted by Gasteiger charge is 2.29. The molecule has 0 spiro atoms. The number of benzene rings is 2. The molecule has 1 saturated heterocycles. The van der Waals surface area contributed by atoms with Crippen molar-refractivity contribution in [2.75, 3.05) is 30.0 Å². The van der Waals surface area contributed by atoms with Gasteiger partial charge in [0, 0.05) is 30.7 Å². The van der Waals surface area contributed by atoms with E-state index in [9.17, 15) is 19.1 Å². The number of thioether (sulfide) groups is 1. The fourth-order valence-electron chi connectivity index (χ4n) is 4.05. The topological polar surface area (TPSA) is 78.9 Å². The predicted molar refractivity (Wildman–Crippen MR) is 134 cm³/mol. The van der Waals surface area contributed by atoms with Gasteiger partial charge in [-0.3, -0.25) is 9.59 Å². The Morgan fingerprint density at radius 2 is 1.91 bits per heavy atom. The van der Waals surface area contributed by atoms with Crippen molar-refractivity contribution in [1.82, 2.24) is 0 Å². The molecule has 0 atom stereocenters. The van der Waals surface area contributed by atoms with Crippen molar-refractivity contribution in [3.8, 4) is 0 Å². The van der Waals surface area contributed by atoms with Crippen molar-refractivity contribution in [2.24, 2.45) is 0 Å². The van der Waals surface area contributed by atoms with E-state index >= 15 is 0 Å². The molecule has 2 aromatic rings. The van der Waals surface area contributed by atoms with Gasteiger partial charge in [-0.25, -0.2) is 4.39 Å². The molecule has 1 aliphatic heterocycles. The molecule has 1 heterocycles. The monoisotopic (exact) mass is 488 g/mol. The van der Waals surface area contributed by atoms with Crippen LogP contribution in [0.3, 0.4) is 0 Å². The first-order valence-electron chi connectivity index (χ1n) is 11.6. The Labute approximate surface area is 204 Å². The molecule has 0 bridgehead atoms. The molecule has 6 nitrogen and oxygen atoms in total. The van der Waals surface area contributed by atoms with Crippen LogP contribution in [-0.2, 0) is 20.7 Å². The molecular formula is C26H33FN2O4S. The van der Waals surface area contributed by atoms with Crippen molar-refractivity contribution < 1.29 is 23.8 Å². The number of hydrogen-bond donors (Lipinski definition) is 2.